The highest BCUT2D eigenvalue weighted by molar-refractivity contribution is 6.21. The van der Waals surface area contributed by atoms with Gasteiger partial charge in [0.1, 0.15) is 11.6 Å². The van der Waals surface area contributed by atoms with Gasteiger partial charge in [0.2, 0.25) is 0 Å². The van der Waals surface area contributed by atoms with E-state index in [0.717, 1.165) is 9.80 Å². The number of nitrogens with one attached hydrogen (secondary N) is 1. The van der Waals surface area contributed by atoms with Crippen molar-refractivity contribution in [3.05, 3.63) is 85.6 Å². The number of benzene rings is 2. The lowest BCUT2D eigenvalue weighted by atomic mass is 10.1. The first kappa shape index (κ1) is 28.3. The molecule has 40 heavy (non-hydrogen) atoms. The minimum Gasteiger partial charge on any atom is -0.496 e. The van der Waals surface area contributed by atoms with Gasteiger partial charge in [0.15, 0.2) is 5.69 Å². The number of ether oxygens (including phenoxy) is 2. The third kappa shape index (κ3) is 5.25. The van der Waals surface area contributed by atoms with E-state index in [-0.39, 0.29) is 55.0 Å². The lowest BCUT2D eigenvalue weighted by Gasteiger charge is -2.25. The number of aromatic nitrogens is 2. The Bertz CT molecular complexity index is 1560. The van der Waals surface area contributed by atoms with Gasteiger partial charge in [0.05, 0.1) is 37.0 Å². The highest BCUT2D eigenvalue weighted by Gasteiger charge is 2.35. The van der Waals surface area contributed by atoms with Gasteiger partial charge in [0.25, 0.3) is 23.3 Å². The van der Waals surface area contributed by atoms with Crippen molar-refractivity contribution in [2.45, 2.75) is 26.9 Å². The van der Waals surface area contributed by atoms with Gasteiger partial charge in [-0.1, -0.05) is 32.0 Å². The average molecular weight is 550 g/mol. The largest absolute Gasteiger partial charge is 0.496 e. The second kappa shape index (κ2) is 11.6. The number of nitrogen functional groups attached to an aromatic ring is 1. The van der Waals surface area contributed by atoms with Crippen molar-refractivity contribution in [1.29, 1.82) is 0 Å². The Labute approximate surface area is 229 Å². The van der Waals surface area contributed by atoms with E-state index in [2.05, 4.69) is 4.98 Å². The SMILES string of the molecule is COCCN(C(=O)c1cc(CN2C(=O)c3ccccc3C2=O)ccc1OC)c1c(N)n(CC(C)C)c(=O)[nH]c1=O. The second-order valence-electron chi connectivity index (χ2n) is 9.72. The number of amides is 3. The monoisotopic (exact) mass is 549 g/mol. The molecule has 12 heteroatoms. The van der Waals surface area contributed by atoms with Crippen LogP contribution in [0.4, 0.5) is 11.5 Å². The van der Waals surface area contributed by atoms with E-state index in [1.807, 2.05) is 13.8 Å². The fraction of sp³-hybridized carbons (Fsp3) is 0.321. The summed E-state index contributed by atoms with van der Waals surface area (Å²) in [5.41, 5.74) is 5.77. The third-order valence-electron chi connectivity index (χ3n) is 6.51. The van der Waals surface area contributed by atoms with E-state index in [0.29, 0.717) is 16.7 Å². The smallest absolute Gasteiger partial charge is 0.330 e. The Balaban J connectivity index is 1.75. The van der Waals surface area contributed by atoms with Crippen molar-refractivity contribution in [2.75, 3.05) is 38.0 Å². The number of fused-ring (bicyclic) bond motifs is 1. The maximum atomic E-state index is 14.0. The molecule has 2 heterocycles. The van der Waals surface area contributed by atoms with Gasteiger partial charge in [-0.25, -0.2) is 4.79 Å². The van der Waals surface area contributed by atoms with Crippen molar-refractivity contribution >= 4 is 29.2 Å². The molecule has 0 saturated heterocycles. The zero-order valence-corrected chi connectivity index (χ0v) is 22.7. The minimum absolute atomic E-state index is 0.0285. The topological polar surface area (TPSA) is 157 Å². The van der Waals surface area contributed by atoms with E-state index in [1.165, 1.54) is 24.9 Å². The molecule has 1 aliphatic rings. The molecule has 3 N–H and O–H groups in total. The summed E-state index contributed by atoms with van der Waals surface area (Å²) < 4.78 is 11.8. The van der Waals surface area contributed by atoms with Crippen LogP contribution in [0.1, 0.15) is 50.5 Å². The van der Waals surface area contributed by atoms with Gasteiger partial charge in [-0.2, -0.15) is 0 Å². The van der Waals surface area contributed by atoms with E-state index in [9.17, 15) is 24.0 Å². The number of aromatic amines is 1. The van der Waals surface area contributed by atoms with Crippen LogP contribution in [0.5, 0.6) is 5.75 Å². The second-order valence-corrected chi connectivity index (χ2v) is 9.72. The molecule has 210 valence electrons. The zero-order chi connectivity index (χ0) is 29.1. The van der Waals surface area contributed by atoms with E-state index in [4.69, 9.17) is 15.2 Å². The molecule has 4 rings (SSSR count). The molecule has 2 aromatic carbocycles. The standard InChI is InChI=1S/C28H31N5O7/c1-16(2)14-32-23(29)22(24(34)30-28(32)38)31(11-12-39-3)27(37)20-13-17(9-10-21(20)40-4)15-33-25(35)18-7-5-6-8-19(18)26(33)36/h5-10,13,16H,11-12,14-15,29H2,1-4H3,(H,30,34,38). The average Bonchev–Trinajstić information content (AvgIpc) is 3.17. The Kier molecular flexibility index (Phi) is 8.19. The van der Waals surface area contributed by atoms with Gasteiger partial charge in [-0.05, 0) is 35.7 Å². The molecule has 3 amide bonds. The van der Waals surface area contributed by atoms with Crippen LogP contribution in [0.15, 0.2) is 52.1 Å². The summed E-state index contributed by atoms with van der Waals surface area (Å²) in [4.78, 5) is 69.7. The van der Waals surface area contributed by atoms with Crippen molar-refractivity contribution < 1.29 is 23.9 Å². The van der Waals surface area contributed by atoms with Crippen LogP contribution in [-0.4, -0.2) is 59.5 Å². The molecule has 3 aromatic rings. The lowest BCUT2D eigenvalue weighted by molar-refractivity contribution is 0.0642. The number of carbonyl (C=O) groups is 3. The number of methoxy groups -OCH3 is 2. The van der Waals surface area contributed by atoms with Crippen LogP contribution in [-0.2, 0) is 17.8 Å². The molecule has 0 bridgehead atoms. The fourth-order valence-corrected chi connectivity index (χ4v) is 4.61. The number of rotatable bonds is 10. The molecule has 1 aliphatic heterocycles. The first-order valence-electron chi connectivity index (χ1n) is 12.6. The molecule has 1 aromatic heterocycles. The number of carbonyl (C=O) groups excluding carboxylic acids is 3. The van der Waals surface area contributed by atoms with Gasteiger partial charge >= 0.3 is 5.69 Å². The third-order valence-corrected chi connectivity index (χ3v) is 6.51. The number of hydrogen-bond acceptors (Lipinski definition) is 8. The summed E-state index contributed by atoms with van der Waals surface area (Å²) >= 11 is 0. The lowest BCUT2D eigenvalue weighted by Crippen LogP contribution is -2.43. The fourth-order valence-electron chi connectivity index (χ4n) is 4.61. The van der Waals surface area contributed by atoms with E-state index < -0.39 is 29.0 Å². The maximum Gasteiger partial charge on any atom is 0.330 e. The molecular formula is C28H31N5O7. The molecule has 0 fully saturated rings. The first-order valence-corrected chi connectivity index (χ1v) is 12.6. The zero-order valence-electron chi connectivity index (χ0n) is 22.7. The molecule has 0 atom stereocenters. The highest BCUT2D eigenvalue weighted by atomic mass is 16.5. The van der Waals surface area contributed by atoms with E-state index in [1.54, 1.807) is 36.4 Å². The quantitative estimate of drug-likeness (QED) is 0.363. The summed E-state index contributed by atoms with van der Waals surface area (Å²) in [7, 11) is 2.83. The normalized spacial score (nSPS) is 12.7. The molecule has 0 spiro atoms. The summed E-state index contributed by atoms with van der Waals surface area (Å²) in [6.45, 7) is 3.90. The molecule has 0 saturated carbocycles. The Hall–Kier alpha value is -4.71. The van der Waals surface area contributed by atoms with Crippen LogP contribution in [0.3, 0.4) is 0 Å². The summed E-state index contributed by atoms with van der Waals surface area (Å²) in [6.07, 6.45) is 0. The van der Waals surface area contributed by atoms with Gasteiger partial charge in [-0.15, -0.1) is 0 Å². The first-order chi connectivity index (χ1) is 19.1. The van der Waals surface area contributed by atoms with Crippen LogP contribution in [0.25, 0.3) is 0 Å². The van der Waals surface area contributed by atoms with Gasteiger partial charge < -0.3 is 15.2 Å². The Morgan fingerprint density at radius 1 is 1.02 bits per heavy atom. The molecular weight excluding hydrogens is 518 g/mol. The van der Waals surface area contributed by atoms with Crippen LogP contribution < -0.4 is 26.6 Å². The van der Waals surface area contributed by atoms with E-state index >= 15 is 0 Å². The van der Waals surface area contributed by atoms with Crippen LogP contribution >= 0.6 is 0 Å². The Morgan fingerprint density at radius 2 is 1.68 bits per heavy atom. The molecule has 0 unspecified atom stereocenters. The van der Waals surface area contributed by atoms with Gasteiger partial charge in [-0.3, -0.25) is 38.5 Å². The van der Waals surface area contributed by atoms with Crippen LogP contribution in [0.2, 0.25) is 0 Å². The number of nitrogens with two attached hydrogens (primary N) is 1. The number of hydrogen-bond donors (Lipinski definition) is 2. The maximum absolute atomic E-state index is 14.0. The van der Waals surface area contributed by atoms with Crippen LogP contribution in [0, 0.1) is 5.92 Å². The number of imide groups is 1. The molecule has 12 nitrogen and oxygen atoms in total. The van der Waals surface area contributed by atoms with Crippen molar-refractivity contribution in [3.63, 3.8) is 0 Å². The summed E-state index contributed by atoms with van der Waals surface area (Å²) in [5.74, 6) is -1.45. The van der Waals surface area contributed by atoms with Gasteiger partial charge in [0, 0.05) is 20.2 Å². The number of anilines is 2. The van der Waals surface area contributed by atoms with Crippen molar-refractivity contribution in [3.8, 4) is 5.75 Å². The number of nitrogens with zero attached hydrogens (tertiary/aromatic N) is 3. The Morgan fingerprint density at radius 3 is 2.25 bits per heavy atom. The predicted molar refractivity (Wildman–Crippen MR) is 148 cm³/mol. The molecule has 0 radical (unpaired) electrons. The van der Waals surface area contributed by atoms with Crippen molar-refractivity contribution in [1.82, 2.24) is 14.5 Å². The number of H-pyrrole nitrogens is 1. The minimum atomic E-state index is -0.826. The summed E-state index contributed by atoms with van der Waals surface area (Å²) in [6, 6.07) is 11.2. The predicted octanol–water partition coefficient (Wildman–Crippen LogP) is 1.87. The van der Waals surface area contributed by atoms with Crippen molar-refractivity contribution in [2.24, 2.45) is 5.92 Å². The highest BCUT2D eigenvalue weighted by Crippen LogP contribution is 2.28. The molecule has 0 aliphatic carbocycles. The summed E-state index contributed by atoms with van der Waals surface area (Å²) in [5, 5.41) is 0.